The van der Waals surface area contributed by atoms with Gasteiger partial charge in [0.15, 0.2) is 0 Å². The molecule has 0 aliphatic heterocycles. The highest BCUT2D eigenvalue weighted by Gasteiger charge is 2.28. The van der Waals surface area contributed by atoms with E-state index in [1.165, 1.54) is 17.4 Å². The lowest BCUT2D eigenvalue weighted by Crippen LogP contribution is -2.33. The number of hydrogen-bond donors (Lipinski definition) is 3. The van der Waals surface area contributed by atoms with Crippen LogP contribution in [0.3, 0.4) is 0 Å². The van der Waals surface area contributed by atoms with Crippen LogP contribution in [0.2, 0.25) is 0 Å². The highest BCUT2D eigenvalue weighted by Crippen LogP contribution is 2.38. The average Bonchev–Trinajstić information content (AvgIpc) is 3.20. The minimum atomic E-state index is -0.529. The number of ether oxygens (including phenoxy) is 1. The molecule has 0 fully saturated rings. The molecule has 0 bridgehead atoms. The molecular formula is C26H29N5O3S. The fourth-order valence-corrected chi connectivity index (χ4v) is 4.81. The van der Waals surface area contributed by atoms with Crippen LogP contribution < -0.4 is 16.4 Å². The van der Waals surface area contributed by atoms with E-state index in [1.807, 2.05) is 18.2 Å². The van der Waals surface area contributed by atoms with Crippen molar-refractivity contribution < 1.29 is 14.3 Å². The largest absolute Gasteiger partial charge is 0.446 e. The van der Waals surface area contributed by atoms with Crippen LogP contribution in [-0.4, -0.2) is 29.6 Å². The van der Waals surface area contributed by atoms with Crippen molar-refractivity contribution in [3.8, 4) is 6.07 Å². The summed E-state index contributed by atoms with van der Waals surface area (Å²) in [5, 5.41) is 15.7. The van der Waals surface area contributed by atoms with E-state index in [9.17, 15) is 14.9 Å². The summed E-state index contributed by atoms with van der Waals surface area (Å²) in [6.07, 6.45) is 14.9. The Morgan fingerprint density at radius 3 is 3.03 bits per heavy atom. The number of nitrogens with two attached hydrogens (primary N) is 1. The van der Waals surface area contributed by atoms with Crippen molar-refractivity contribution in [1.82, 2.24) is 10.3 Å². The molecule has 2 aromatic rings. The number of nitrogens with one attached hydrogen (secondary N) is 2. The van der Waals surface area contributed by atoms with Crippen LogP contribution in [0.5, 0.6) is 0 Å². The van der Waals surface area contributed by atoms with Gasteiger partial charge in [0.1, 0.15) is 17.2 Å². The number of amides is 2. The molecule has 3 rings (SSSR count). The predicted octanol–water partition coefficient (Wildman–Crippen LogP) is 4.45. The van der Waals surface area contributed by atoms with E-state index in [2.05, 4.69) is 28.6 Å². The van der Waals surface area contributed by atoms with Gasteiger partial charge < -0.3 is 21.1 Å². The second-order valence-corrected chi connectivity index (χ2v) is 9.12. The second-order valence-electron chi connectivity index (χ2n) is 8.01. The third kappa shape index (κ3) is 7.83. The molecule has 9 heteroatoms. The zero-order chi connectivity index (χ0) is 25.0. The number of nitrogens with zero attached hydrogens (tertiary/aromatic N) is 2. The maximum atomic E-state index is 12.4. The first-order valence-corrected chi connectivity index (χ1v) is 12.3. The second kappa shape index (κ2) is 13.1. The van der Waals surface area contributed by atoms with Crippen molar-refractivity contribution in [2.24, 2.45) is 5.73 Å². The average molecular weight is 492 g/mol. The van der Waals surface area contributed by atoms with Crippen LogP contribution in [0.4, 0.5) is 9.80 Å². The molecule has 0 saturated carbocycles. The number of anilines is 1. The van der Waals surface area contributed by atoms with E-state index < -0.39 is 6.09 Å². The molecule has 182 valence electrons. The van der Waals surface area contributed by atoms with Gasteiger partial charge in [0.2, 0.25) is 5.91 Å². The van der Waals surface area contributed by atoms with Gasteiger partial charge in [-0.05, 0) is 48.6 Å². The number of hydrogen-bond acceptors (Lipinski definition) is 7. The first kappa shape index (κ1) is 25.7. The fraction of sp³-hybridized carbons (Fsp3) is 0.308. The fourth-order valence-electron chi connectivity index (χ4n) is 3.54. The predicted molar refractivity (Wildman–Crippen MR) is 138 cm³/mol. The van der Waals surface area contributed by atoms with Crippen molar-refractivity contribution in [2.75, 3.05) is 11.9 Å². The molecule has 0 spiro atoms. The number of thiophene rings is 1. The van der Waals surface area contributed by atoms with Crippen LogP contribution in [0.1, 0.15) is 47.8 Å². The number of unbranched alkanes of at least 4 members (excludes halogenated alkanes) is 1. The minimum Gasteiger partial charge on any atom is -0.446 e. The first-order valence-electron chi connectivity index (χ1n) is 11.5. The summed E-state index contributed by atoms with van der Waals surface area (Å²) in [7, 11) is 0. The molecule has 2 amide bonds. The molecule has 0 radical (unpaired) electrons. The van der Waals surface area contributed by atoms with Gasteiger partial charge in [0, 0.05) is 35.5 Å². The summed E-state index contributed by atoms with van der Waals surface area (Å²) >= 11 is 1.35. The summed E-state index contributed by atoms with van der Waals surface area (Å²) in [6, 6.07) is 5.84. The minimum absolute atomic E-state index is 0.202. The van der Waals surface area contributed by atoms with Crippen LogP contribution in [0.15, 0.2) is 54.5 Å². The van der Waals surface area contributed by atoms with Gasteiger partial charge in [-0.3, -0.25) is 9.78 Å². The van der Waals surface area contributed by atoms with Crippen LogP contribution in [0.25, 0.3) is 6.08 Å². The van der Waals surface area contributed by atoms with E-state index in [-0.39, 0.29) is 18.6 Å². The van der Waals surface area contributed by atoms with Crippen LogP contribution >= 0.6 is 11.3 Å². The van der Waals surface area contributed by atoms with Crippen molar-refractivity contribution in [2.45, 2.75) is 45.1 Å². The van der Waals surface area contributed by atoms with Crippen LogP contribution in [0, 0.1) is 11.3 Å². The summed E-state index contributed by atoms with van der Waals surface area (Å²) in [5.74, 6) is -0.327. The third-order valence-corrected chi connectivity index (χ3v) is 6.46. The van der Waals surface area contributed by atoms with Gasteiger partial charge in [-0.1, -0.05) is 31.6 Å². The van der Waals surface area contributed by atoms with Crippen molar-refractivity contribution in [3.63, 3.8) is 0 Å². The summed E-state index contributed by atoms with van der Waals surface area (Å²) in [4.78, 5) is 29.5. The number of pyridine rings is 1. The number of nitriles is 1. The zero-order valence-corrected chi connectivity index (χ0v) is 20.4. The quantitative estimate of drug-likeness (QED) is 0.351. The van der Waals surface area contributed by atoms with Gasteiger partial charge in [-0.2, -0.15) is 5.26 Å². The summed E-state index contributed by atoms with van der Waals surface area (Å²) in [6.45, 7) is 2.30. The van der Waals surface area contributed by atoms with Crippen molar-refractivity contribution in [1.29, 1.82) is 5.26 Å². The zero-order valence-electron chi connectivity index (χ0n) is 19.6. The Bertz CT molecular complexity index is 1160. The number of aromatic nitrogens is 1. The smallest absolute Gasteiger partial charge is 0.407 e. The van der Waals surface area contributed by atoms with E-state index in [0.717, 1.165) is 28.8 Å². The SMILES string of the molecule is CCC/C=C\C=C(/N)CNC(=O)OC1CCc2c(sc(NC(=O)/C=C/c3cccnc3)c2C#N)C1. The van der Waals surface area contributed by atoms with Gasteiger partial charge in [0.05, 0.1) is 12.1 Å². The molecule has 2 aromatic heterocycles. The first-order chi connectivity index (χ1) is 17.0. The lowest BCUT2D eigenvalue weighted by atomic mass is 9.94. The molecule has 8 nitrogen and oxygen atoms in total. The van der Waals surface area contributed by atoms with Gasteiger partial charge in [-0.15, -0.1) is 11.3 Å². The van der Waals surface area contributed by atoms with Gasteiger partial charge >= 0.3 is 6.09 Å². The number of carbonyl (C=O) groups is 2. The molecular weight excluding hydrogens is 462 g/mol. The van der Waals surface area contributed by atoms with E-state index in [1.54, 1.807) is 30.6 Å². The molecule has 1 aliphatic rings. The molecule has 0 aromatic carbocycles. The van der Waals surface area contributed by atoms with E-state index in [4.69, 9.17) is 10.5 Å². The number of fused-ring (bicyclic) bond motifs is 1. The lowest BCUT2D eigenvalue weighted by Gasteiger charge is -2.22. The maximum Gasteiger partial charge on any atom is 0.407 e. The topological polar surface area (TPSA) is 130 Å². The highest BCUT2D eigenvalue weighted by molar-refractivity contribution is 7.16. The van der Waals surface area contributed by atoms with Gasteiger partial charge in [0.25, 0.3) is 0 Å². The molecule has 1 atom stereocenters. The summed E-state index contributed by atoms with van der Waals surface area (Å²) < 4.78 is 5.56. The highest BCUT2D eigenvalue weighted by atomic mass is 32.1. The normalized spacial score (nSPS) is 15.5. The van der Waals surface area contributed by atoms with Gasteiger partial charge in [-0.25, -0.2) is 4.79 Å². The maximum absolute atomic E-state index is 12.4. The molecule has 35 heavy (non-hydrogen) atoms. The van der Waals surface area contributed by atoms with Crippen LogP contribution in [-0.2, 0) is 22.4 Å². The molecule has 4 N–H and O–H groups in total. The third-order valence-electron chi connectivity index (χ3n) is 5.29. The number of rotatable bonds is 9. The Morgan fingerprint density at radius 2 is 2.29 bits per heavy atom. The van der Waals surface area contributed by atoms with Crippen molar-refractivity contribution in [3.05, 3.63) is 76.1 Å². The Balaban J connectivity index is 1.55. The van der Waals surface area contributed by atoms with E-state index in [0.29, 0.717) is 35.5 Å². The standard InChI is InChI=1S/C26H29N5O3S/c1-2-3-4-5-8-19(28)17-30-26(33)34-20-10-11-21-22(15-27)25(35-23(21)14-20)31-24(32)12-9-18-7-6-13-29-16-18/h4-9,12-13,16,20H,2-3,10-11,14,17,28H2,1H3,(H,30,33)(H,31,32)/b5-4-,12-9+,19-8-. The molecule has 1 unspecified atom stereocenters. The monoisotopic (exact) mass is 491 g/mol. The molecule has 2 heterocycles. The molecule has 0 saturated heterocycles. The summed E-state index contributed by atoms with van der Waals surface area (Å²) in [5.41, 5.74) is 8.63. The number of allylic oxidation sites excluding steroid dienone is 3. The Hall–Kier alpha value is -3.90. The number of alkyl carbamates (subject to hydrolysis) is 1. The van der Waals surface area contributed by atoms with E-state index >= 15 is 0 Å². The molecule has 1 aliphatic carbocycles. The number of carbonyl (C=O) groups excluding carboxylic acids is 2. The Kier molecular flexibility index (Phi) is 9.63. The Morgan fingerprint density at radius 1 is 1.43 bits per heavy atom. The Labute approximate surface area is 209 Å². The lowest BCUT2D eigenvalue weighted by molar-refractivity contribution is -0.111. The van der Waals surface area contributed by atoms with Crippen molar-refractivity contribution >= 4 is 34.4 Å².